The van der Waals surface area contributed by atoms with Gasteiger partial charge in [-0.3, -0.25) is 9.59 Å². The van der Waals surface area contributed by atoms with E-state index in [4.69, 9.17) is 14.2 Å². The summed E-state index contributed by atoms with van der Waals surface area (Å²) in [6.45, 7) is 9.05. The van der Waals surface area contributed by atoms with Crippen molar-refractivity contribution in [1.82, 2.24) is 4.90 Å². The molecule has 272 valence electrons. The third kappa shape index (κ3) is 10.5. The number of aliphatic hydroxyl groups excluding tert-OH is 1. The van der Waals surface area contributed by atoms with Crippen molar-refractivity contribution in [2.45, 2.75) is 161 Å². The van der Waals surface area contributed by atoms with Crippen LogP contribution in [0.5, 0.6) is 0 Å². The van der Waals surface area contributed by atoms with E-state index in [1.54, 1.807) is 12.0 Å². The topological polar surface area (TPSA) is 106 Å². The first-order valence-corrected chi connectivity index (χ1v) is 19.5. The van der Waals surface area contributed by atoms with Gasteiger partial charge < -0.3 is 29.3 Å². The van der Waals surface area contributed by atoms with Gasteiger partial charge in [0.15, 0.2) is 0 Å². The molecule has 0 aromatic heterocycles. The fraction of sp³-hybridized carbons (Fsp3) is 0.795. The molecular weight excluding hydrogens is 626 g/mol. The summed E-state index contributed by atoms with van der Waals surface area (Å²) < 4.78 is 17.7. The van der Waals surface area contributed by atoms with E-state index in [0.29, 0.717) is 56.0 Å². The number of amides is 1. The predicted octanol–water partition coefficient (Wildman–Crippen LogP) is 7.53. The normalized spacial score (nSPS) is 32.6. The zero-order valence-corrected chi connectivity index (χ0v) is 31.3. The molecule has 8 nitrogen and oxygen atoms in total. The van der Waals surface area contributed by atoms with E-state index in [2.05, 4.69) is 32.9 Å². The van der Waals surface area contributed by atoms with Gasteiger partial charge in [0.25, 0.3) is 5.91 Å². The molecule has 0 spiro atoms. The second-order valence-corrected chi connectivity index (χ2v) is 16.3. The molecule has 1 amide bonds. The average Bonchev–Trinajstić information content (AvgIpc) is 3.07. The summed E-state index contributed by atoms with van der Waals surface area (Å²) in [6.07, 6.45) is 18.8. The van der Waals surface area contributed by atoms with Gasteiger partial charge in [0.05, 0.1) is 24.4 Å². The first-order chi connectivity index (χ1) is 22.9. The Morgan fingerprint density at radius 2 is 1.88 bits per heavy atom. The van der Waals surface area contributed by atoms with E-state index in [9.17, 15) is 19.8 Å². The van der Waals surface area contributed by atoms with E-state index in [0.717, 1.165) is 68.7 Å². The average molecular weight is 690 g/mol. The molecule has 3 heterocycles. The molecule has 0 aromatic rings. The summed E-state index contributed by atoms with van der Waals surface area (Å²) in [5, 5.41) is 22.8. The molecule has 0 aromatic carbocycles. The summed E-state index contributed by atoms with van der Waals surface area (Å²) in [5.41, 5.74) is 2.66. The maximum Gasteiger partial charge on any atom is 0.266 e. The van der Waals surface area contributed by atoms with Gasteiger partial charge in [-0.05, 0) is 103 Å². The standard InChI is InChI=1S/C39H63NO7S/c1-26(17-19-31(41)20-18-27(2)22-28(3)23-30-13-11-14-32(25-30)45-5)12-7-8-16-34-35(46-6)24-29(4)39(44,47-34)36-37(42)40-21-10-9-15-33(40)38(43)48-36/h17,23,27,29-30,32-35,43-44H,7-16,18-22,24-25H2,1-6H3/b26-17+,28-23+/t27-,29?,30+,32+,33+,34?,35+,39-/m1/s1. The zero-order chi connectivity index (χ0) is 34.8. The lowest BCUT2D eigenvalue weighted by molar-refractivity contribution is -0.265. The lowest BCUT2D eigenvalue weighted by Gasteiger charge is -2.47. The number of ether oxygens (including phenoxy) is 3. The van der Waals surface area contributed by atoms with E-state index < -0.39 is 5.79 Å². The largest absolute Gasteiger partial charge is 0.381 e. The third-order valence-corrected chi connectivity index (χ3v) is 12.3. The molecule has 0 radical (unpaired) electrons. The number of piperidine rings is 1. The Bertz CT molecular complexity index is 1240. The Morgan fingerprint density at radius 3 is 2.62 bits per heavy atom. The molecule has 2 saturated heterocycles. The number of carbonyl (C=O) groups is 2. The molecule has 1 aliphatic carbocycles. The molecule has 2 N–H and O–H groups in total. The number of rotatable bonds is 16. The Hall–Kier alpha value is -1.62. The van der Waals surface area contributed by atoms with Gasteiger partial charge in [-0.1, -0.05) is 50.0 Å². The highest BCUT2D eigenvalue weighted by molar-refractivity contribution is 7.99. The van der Waals surface area contributed by atoms with Gasteiger partial charge in [0.1, 0.15) is 15.7 Å². The van der Waals surface area contributed by atoms with Crippen LogP contribution in [0.1, 0.15) is 130 Å². The quantitative estimate of drug-likeness (QED) is 0.0981. The highest BCUT2D eigenvalue weighted by Gasteiger charge is 2.53. The molecule has 48 heavy (non-hydrogen) atoms. The molecule has 1 saturated carbocycles. The second-order valence-electron chi connectivity index (χ2n) is 15.2. The zero-order valence-electron chi connectivity index (χ0n) is 30.5. The number of carbonyl (C=O) groups excluding carboxylic acids is 2. The molecule has 3 aliphatic heterocycles. The van der Waals surface area contributed by atoms with Crippen LogP contribution < -0.4 is 0 Å². The Morgan fingerprint density at radius 1 is 1.08 bits per heavy atom. The Labute approximate surface area is 293 Å². The van der Waals surface area contributed by atoms with Crippen LogP contribution in [0, 0.1) is 17.8 Å². The van der Waals surface area contributed by atoms with Crippen molar-refractivity contribution in [3.63, 3.8) is 0 Å². The molecule has 3 fully saturated rings. The summed E-state index contributed by atoms with van der Waals surface area (Å²) >= 11 is 0. The van der Waals surface area contributed by atoms with Crippen molar-refractivity contribution < 1.29 is 34.0 Å². The van der Waals surface area contributed by atoms with Crippen LogP contribution in [0.3, 0.4) is 0 Å². The molecule has 4 rings (SSSR count). The van der Waals surface area contributed by atoms with Crippen molar-refractivity contribution in [2.75, 3.05) is 20.8 Å². The van der Waals surface area contributed by atoms with Gasteiger partial charge in [0, 0.05) is 39.5 Å². The summed E-state index contributed by atoms with van der Waals surface area (Å²) in [5.74, 6) is -0.929. The number of nitrogens with zero attached hydrogens (tertiary/aromatic N) is 1. The van der Waals surface area contributed by atoms with Crippen LogP contribution >= 0.6 is 10.9 Å². The fourth-order valence-electron chi connectivity index (χ4n) is 8.17. The van der Waals surface area contributed by atoms with Crippen molar-refractivity contribution in [2.24, 2.45) is 17.8 Å². The molecular formula is C39H63NO7S. The van der Waals surface area contributed by atoms with Crippen molar-refractivity contribution >= 4 is 32.5 Å². The third-order valence-electron chi connectivity index (χ3n) is 11.2. The predicted molar refractivity (Wildman–Crippen MR) is 195 cm³/mol. The lowest BCUT2D eigenvalue weighted by Crippen LogP contribution is -2.63. The van der Waals surface area contributed by atoms with Gasteiger partial charge in [-0.15, -0.1) is 10.9 Å². The monoisotopic (exact) mass is 689 g/mol. The molecule has 2 unspecified atom stereocenters. The number of Topliss-reactive ketones (excluding diaryl/α,β-unsaturated/α-hetero) is 1. The smallest absolute Gasteiger partial charge is 0.266 e. The molecule has 9 heteroatoms. The molecule has 4 aliphatic rings. The van der Waals surface area contributed by atoms with Crippen molar-refractivity contribution in [3.8, 4) is 0 Å². The van der Waals surface area contributed by atoms with E-state index in [1.807, 2.05) is 14.0 Å². The van der Waals surface area contributed by atoms with Crippen molar-refractivity contribution in [3.05, 3.63) is 23.3 Å². The van der Waals surface area contributed by atoms with Crippen LogP contribution in [0.25, 0.3) is 0 Å². The van der Waals surface area contributed by atoms with Crippen LogP contribution in [-0.4, -0.2) is 87.6 Å². The molecule has 0 bridgehead atoms. The SMILES string of the molecule is CO[C@H]1CCC[C@@H](/C=C(\C)C[C@H](C)CCC(=O)C/C=C(\C)CCCCC2O[C@@](O)(C3=S=C(O)[C@@H]4CCCCN4C3=O)C(C)C[C@@H]2OC)C1. The minimum absolute atomic E-state index is 0.174. The number of methoxy groups -OCH3 is 2. The van der Waals surface area contributed by atoms with Gasteiger partial charge >= 0.3 is 0 Å². The maximum absolute atomic E-state index is 13.5. The van der Waals surface area contributed by atoms with Crippen LogP contribution in [0.4, 0.5) is 0 Å². The Kier molecular flexibility index (Phi) is 15.2. The number of hydrogen-bond acceptors (Lipinski definition) is 6. The fourth-order valence-corrected chi connectivity index (χ4v) is 9.37. The van der Waals surface area contributed by atoms with Gasteiger partial charge in [-0.25, -0.2) is 0 Å². The number of unbranched alkanes of at least 4 members (excludes halogenated alkanes) is 1. The summed E-state index contributed by atoms with van der Waals surface area (Å²) in [7, 11) is 4.49. The number of allylic oxidation sites excluding steroid dienone is 4. The van der Waals surface area contributed by atoms with E-state index in [-0.39, 0.29) is 40.0 Å². The lowest BCUT2D eigenvalue weighted by atomic mass is 9.84. The first-order valence-electron chi connectivity index (χ1n) is 18.7. The second kappa shape index (κ2) is 18.6. The number of fused-ring (bicyclic) bond motifs is 1. The minimum Gasteiger partial charge on any atom is -0.381 e. The maximum atomic E-state index is 13.5. The highest BCUT2D eigenvalue weighted by atomic mass is 32.1. The van der Waals surface area contributed by atoms with E-state index in [1.165, 1.54) is 30.4 Å². The first kappa shape index (κ1) is 39.2. The van der Waals surface area contributed by atoms with Crippen LogP contribution in [0.2, 0.25) is 0 Å². The van der Waals surface area contributed by atoms with E-state index >= 15 is 0 Å². The highest BCUT2D eigenvalue weighted by Crippen LogP contribution is 2.39. The van der Waals surface area contributed by atoms with Crippen LogP contribution in [0.15, 0.2) is 23.3 Å². The molecule has 8 atom stereocenters. The van der Waals surface area contributed by atoms with Gasteiger partial charge in [0.2, 0.25) is 5.79 Å². The van der Waals surface area contributed by atoms with Gasteiger partial charge in [-0.2, -0.15) is 0 Å². The Balaban J connectivity index is 1.20. The number of aliphatic hydroxyl groups is 2. The summed E-state index contributed by atoms with van der Waals surface area (Å²) in [4.78, 5) is 28.1. The van der Waals surface area contributed by atoms with Crippen LogP contribution in [-0.2, 0) is 23.8 Å². The summed E-state index contributed by atoms with van der Waals surface area (Å²) in [6, 6.07) is -0.284. The number of hydrogen-bond donors (Lipinski definition) is 2. The van der Waals surface area contributed by atoms with Crippen molar-refractivity contribution in [1.29, 1.82) is 0 Å². The minimum atomic E-state index is -1.76. The number of ketones is 1.